The van der Waals surface area contributed by atoms with Gasteiger partial charge in [-0.15, -0.1) is 35.3 Å². The summed E-state index contributed by atoms with van der Waals surface area (Å²) in [5.41, 5.74) is 1.31. The summed E-state index contributed by atoms with van der Waals surface area (Å²) in [6, 6.07) is 30.3. The molecule has 0 bridgehead atoms. The average Bonchev–Trinajstić information content (AvgIpc) is 2.65. The SMILES string of the molecule is Cc1ccc(SC(C)C(Sc2ccccc2)Sc2ccccc2)cc1. The lowest BCUT2D eigenvalue weighted by Crippen LogP contribution is -2.12. The minimum atomic E-state index is 0.441. The standard InChI is InChI=1S/C22H22S3/c1-17-13-15-21(16-14-17)23-18(2)22(24-19-9-5-3-6-10-19)25-20-11-7-4-8-12-20/h3-16,18,22H,1-2H3. The van der Waals surface area contributed by atoms with Crippen molar-refractivity contribution in [3.63, 3.8) is 0 Å². The van der Waals surface area contributed by atoms with Gasteiger partial charge in [0, 0.05) is 19.9 Å². The summed E-state index contributed by atoms with van der Waals surface area (Å²) in [6.07, 6.45) is 0. The lowest BCUT2D eigenvalue weighted by molar-refractivity contribution is 1.07. The van der Waals surface area contributed by atoms with Gasteiger partial charge in [-0.1, -0.05) is 61.0 Å². The quantitative estimate of drug-likeness (QED) is 0.309. The Bertz CT molecular complexity index is 713. The average molecular weight is 383 g/mol. The van der Waals surface area contributed by atoms with E-state index in [1.54, 1.807) is 0 Å². The van der Waals surface area contributed by atoms with Crippen LogP contribution in [0.15, 0.2) is 99.6 Å². The highest BCUT2D eigenvalue weighted by molar-refractivity contribution is 8.18. The normalized spacial score (nSPS) is 12.3. The second kappa shape index (κ2) is 9.42. The van der Waals surface area contributed by atoms with E-state index in [0.717, 1.165) is 0 Å². The van der Waals surface area contributed by atoms with Crippen molar-refractivity contribution in [3.8, 4) is 0 Å². The first kappa shape index (κ1) is 18.5. The van der Waals surface area contributed by atoms with Crippen molar-refractivity contribution in [1.29, 1.82) is 0 Å². The van der Waals surface area contributed by atoms with E-state index in [1.165, 1.54) is 20.2 Å². The van der Waals surface area contributed by atoms with Crippen LogP contribution in [0, 0.1) is 6.92 Å². The summed E-state index contributed by atoms with van der Waals surface area (Å²) in [4.78, 5) is 3.99. The Balaban J connectivity index is 1.75. The third-order valence-corrected chi connectivity index (χ3v) is 8.20. The molecule has 1 unspecified atom stereocenters. The van der Waals surface area contributed by atoms with Crippen LogP contribution in [-0.4, -0.2) is 9.83 Å². The third kappa shape index (κ3) is 5.88. The van der Waals surface area contributed by atoms with Gasteiger partial charge in [-0.3, -0.25) is 0 Å². The van der Waals surface area contributed by atoms with E-state index in [2.05, 4.69) is 98.8 Å². The highest BCUT2D eigenvalue weighted by Crippen LogP contribution is 2.42. The van der Waals surface area contributed by atoms with Gasteiger partial charge < -0.3 is 0 Å². The molecule has 0 saturated heterocycles. The molecule has 3 aromatic rings. The largest absolute Gasteiger partial charge is 0.121 e. The Morgan fingerprint density at radius 2 is 1.00 bits per heavy atom. The Morgan fingerprint density at radius 3 is 1.48 bits per heavy atom. The molecule has 0 aliphatic carbocycles. The maximum Gasteiger partial charge on any atom is 0.0715 e. The van der Waals surface area contributed by atoms with Gasteiger partial charge in [0.1, 0.15) is 0 Å². The van der Waals surface area contributed by atoms with Crippen molar-refractivity contribution >= 4 is 35.3 Å². The Hall–Kier alpha value is -1.29. The fourth-order valence-electron chi connectivity index (χ4n) is 2.37. The lowest BCUT2D eigenvalue weighted by atomic mass is 10.2. The fraction of sp³-hybridized carbons (Fsp3) is 0.182. The molecular formula is C22H22S3. The van der Waals surface area contributed by atoms with Crippen molar-refractivity contribution < 1.29 is 0 Å². The number of benzene rings is 3. The van der Waals surface area contributed by atoms with Crippen molar-refractivity contribution in [3.05, 3.63) is 90.5 Å². The highest BCUT2D eigenvalue weighted by Gasteiger charge is 2.21. The molecule has 1 atom stereocenters. The zero-order valence-electron chi connectivity index (χ0n) is 14.5. The minimum Gasteiger partial charge on any atom is -0.121 e. The third-order valence-electron chi connectivity index (χ3n) is 3.72. The van der Waals surface area contributed by atoms with Crippen LogP contribution >= 0.6 is 35.3 Å². The number of rotatable bonds is 7. The number of hydrogen-bond donors (Lipinski definition) is 0. The van der Waals surface area contributed by atoms with E-state index < -0.39 is 0 Å². The predicted octanol–water partition coefficient (Wildman–Crippen LogP) is 7.39. The van der Waals surface area contributed by atoms with Gasteiger partial charge in [-0.05, 0) is 43.3 Å². The van der Waals surface area contributed by atoms with Crippen LogP contribution in [0.1, 0.15) is 12.5 Å². The molecule has 0 amide bonds. The Morgan fingerprint density at radius 1 is 0.560 bits per heavy atom. The van der Waals surface area contributed by atoms with Gasteiger partial charge in [0.25, 0.3) is 0 Å². The maximum absolute atomic E-state index is 2.33. The Labute approximate surface area is 163 Å². The first-order valence-electron chi connectivity index (χ1n) is 8.37. The molecule has 0 aliphatic rings. The van der Waals surface area contributed by atoms with Crippen molar-refractivity contribution in [1.82, 2.24) is 0 Å². The molecule has 3 aromatic carbocycles. The van der Waals surface area contributed by atoms with Gasteiger partial charge >= 0.3 is 0 Å². The summed E-state index contributed by atoms with van der Waals surface area (Å²) in [5, 5.41) is 0.484. The van der Waals surface area contributed by atoms with Crippen LogP contribution in [0.3, 0.4) is 0 Å². The molecule has 3 heteroatoms. The van der Waals surface area contributed by atoms with Gasteiger partial charge in [0.05, 0.1) is 4.58 Å². The molecule has 0 saturated carbocycles. The summed E-state index contributed by atoms with van der Waals surface area (Å²) in [7, 11) is 0. The smallest absolute Gasteiger partial charge is 0.0715 e. The summed E-state index contributed by atoms with van der Waals surface area (Å²) < 4.78 is 0.441. The zero-order chi connectivity index (χ0) is 17.5. The summed E-state index contributed by atoms with van der Waals surface area (Å²) >= 11 is 5.87. The number of hydrogen-bond acceptors (Lipinski definition) is 3. The molecule has 25 heavy (non-hydrogen) atoms. The van der Waals surface area contributed by atoms with Gasteiger partial charge in [0.15, 0.2) is 0 Å². The molecule has 0 aliphatic heterocycles. The molecule has 0 heterocycles. The molecule has 0 nitrogen and oxygen atoms in total. The predicted molar refractivity (Wildman–Crippen MR) is 115 cm³/mol. The van der Waals surface area contributed by atoms with Crippen LogP contribution < -0.4 is 0 Å². The van der Waals surface area contributed by atoms with Crippen molar-refractivity contribution in [2.75, 3.05) is 0 Å². The van der Waals surface area contributed by atoms with Gasteiger partial charge in [-0.2, -0.15) is 0 Å². The molecule has 0 aromatic heterocycles. The zero-order valence-corrected chi connectivity index (χ0v) is 16.9. The van der Waals surface area contributed by atoms with E-state index in [4.69, 9.17) is 0 Å². The monoisotopic (exact) mass is 382 g/mol. The first-order chi connectivity index (χ1) is 12.2. The maximum atomic E-state index is 2.33. The first-order valence-corrected chi connectivity index (χ1v) is 11.0. The van der Waals surface area contributed by atoms with Gasteiger partial charge in [-0.25, -0.2) is 0 Å². The molecule has 0 fully saturated rings. The summed E-state index contributed by atoms with van der Waals surface area (Å²) in [6.45, 7) is 4.47. The van der Waals surface area contributed by atoms with E-state index >= 15 is 0 Å². The highest BCUT2D eigenvalue weighted by atomic mass is 32.2. The van der Waals surface area contributed by atoms with Crippen molar-refractivity contribution in [2.45, 2.75) is 38.4 Å². The summed E-state index contributed by atoms with van der Waals surface area (Å²) in [5.74, 6) is 0. The van der Waals surface area contributed by atoms with Gasteiger partial charge in [0.2, 0.25) is 0 Å². The lowest BCUT2D eigenvalue weighted by Gasteiger charge is -2.23. The second-order valence-electron chi connectivity index (χ2n) is 5.87. The molecule has 3 rings (SSSR count). The molecule has 0 N–H and O–H groups in total. The number of aryl methyl sites for hydroxylation is 1. The van der Waals surface area contributed by atoms with Crippen LogP contribution in [0.5, 0.6) is 0 Å². The van der Waals surface area contributed by atoms with Crippen LogP contribution in [0.2, 0.25) is 0 Å². The molecule has 0 spiro atoms. The van der Waals surface area contributed by atoms with E-state index in [9.17, 15) is 0 Å². The second-order valence-corrected chi connectivity index (χ2v) is 10.0. The topological polar surface area (TPSA) is 0 Å². The van der Waals surface area contributed by atoms with E-state index in [0.29, 0.717) is 9.83 Å². The van der Waals surface area contributed by atoms with E-state index in [-0.39, 0.29) is 0 Å². The Kier molecular flexibility index (Phi) is 6.97. The minimum absolute atomic E-state index is 0.441. The number of thioether (sulfide) groups is 3. The van der Waals surface area contributed by atoms with E-state index in [1.807, 2.05) is 35.3 Å². The van der Waals surface area contributed by atoms with Crippen LogP contribution in [-0.2, 0) is 0 Å². The molecule has 0 radical (unpaired) electrons. The molecular weight excluding hydrogens is 360 g/mol. The molecule has 128 valence electrons. The fourth-order valence-corrected chi connectivity index (χ4v) is 6.28. The van der Waals surface area contributed by atoms with Crippen molar-refractivity contribution in [2.24, 2.45) is 0 Å². The van der Waals surface area contributed by atoms with Crippen LogP contribution in [0.25, 0.3) is 0 Å². The van der Waals surface area contributed by atoms with Crippen LogP contribution in [0.4, 0.5) is 0 Å².